The summed E-state index contributed by atoms with van der Waals surface area (Å²) in [4.78, 5) is 15.2. The van der Waals surface area contributed by atoms with Crippen LogP contribution in [0.15, 0.2) is 150 Å². The van der Waals surface area contributed by atoms with Crippen LogP contribution in [0.4, 0.5) is 17.1 Å². The lowest BCUT2D eigenvalue weighted by atomic mass is 9.95. The molecule has 1 aromatic heterocycles. The zero-order chi connectivity index (χ0) is 35.9. The van der Waals surface area contributed by atoms with E-state index in [1.807, 2.05) is 0 Å². The molecule has 4 heteroatoms. The molecule has 0 bridgehead atoms. The van der Waals surface area contributed by atoms with Crippen molar-refractivity contribution in [3.63, 3.8) is 0 Å². The molecule has 3 aliphatic carbocycles. The molecule has 0 N–H and O–H groups in total. The Kier molecular flexibility index (Phi) is 8.84. The summed E-state index contributed by atoms with van der Waals surface area (Å²) in [5.74, 6) is 0.639. The number of hydrogen-bond acceptors (Lipinski definition) is 4. The third-order valence-corrected chi connectivity index (χ3v) is 10.8. The number of aryl methyl sites for hydroxylation is 2. The first-order valence-electron chi connectivity index (χ1n) is 18.5. The third-order valence-electron chi connectivity index (χ3n) is 10.8. The molecule has 0 fully saturated rings. The maximum Gasteiger partial charge on any atom is 0.113 e. The van der Waals surface area contributed by atoms with Crippen LogP contribution in [0.1, 0.15) is 51.2 Å². The van der Waals surface area contributed by atoms with Crippen molar-refractivity contribution in [2.45, 2.75) is 53.9 Å². The van der Waals surface area contributed by atoms with E-state index < -0.39 is 0 Å². The fraction of sp³-hybridized carbons (Fsp3) is 0.208. The van der Waals surface area contributed by atoms with Gasteiger partial charge in [0, 0.05) is 46.3 Å². The van der Waals surface area contributed by atoms with Crippen molar-refractivity contribution < 1.29 is 0 Å². The Morgan fingerprint density at radius 1 is 0.577 bits per heavy atom. The molecule has 4 nitrogen and oxygen atoms in total. The van der Waals surface area contributed by atoms with Crippen LogP contribution >= 0.6 is 0 Å². The molecule has 0 saturated heterocycles. The number of fused-ring (bicyclic) bond motifs is 4. The standard InChI is InChI=1S/C32H25N3.C16H21N/c1-20-10-3-5-17-26(20)35(27-18-6-4-11-21(27)2)28-19-9-16-25-32(28)34-31-24-15-8-13-22-12-7-14-23(29(22)24)30(31)33-25;1-12-9-10-14(3)16(11-12)17(4)15-8-6-5-7-13(15)2/h3,5,7-19H,4,6H2,1-2H3;5-8,10-12H,9H2,1-4H3. The Hall–Kier alpha value is -5.74. The lowest BCUT2D eigenvalue weighted by Gasteiger charge is -2.31. The predicted octanol–water partition coefficient (Wildman–Crippen LogP) is 12.8. The first kappa shape index (κ1) is 33.4. The Balaban J connectivity index is 0.000000192. The van der Waals surface area contributed by atoms with Crippen LogP contribution < -0.4 is 9.80 Å². The minimum Gasteiger partial charge on any atom is -0.344 e. The summed E-state index contributed by atoms with van der Waals surface area (Å²) in [6.45, 7) is 11.0. The van der Waals surface area contributed by atoms with Gasteiger partial charge in [-0.05, 0) is 105 Å². The molecule has 258 valence electrons. The van der Waals surface area contributed by atoms with Crippen molar-refractivity contribution in [1.82, 2.24) is 9.97 Å². The van der Waals surface area contributed by atoms with Gasteiger partial charge in [0.15, 0.2) is 0 Å². The average molecular weight is 679 g/mol. The van der Waals surface area contributed by atoms with E-state index in [1.165, 1.54) is 66.9 Å². The molecule has 1 unspecified atom stereocenters. The van der Waals surface area contributed by atoms with Gasteiger partial charge in [0.1, 0.15) is 5.52 Å². The highest BCUT2D eigenvalue weighted by atomic mass is 15.2. The molecule has 0 spiro atoms. The van der Waals surface area contributed by atoms with Crippen LogP contribution in [-0.4, -0.2) is 17.0 Å². The normalized spacial score (nSPS) is 15.9. The number of benzene rings is 5. The summed E-state index contributed by atoms with van der Waals surface area (Å²) >= 11 is 0. The second-order valence-electron chi connectivity index (χ2n) is 14.4. The van der Waals surface area contributed by atoms with Crippen LogP contribution in [0.5, 0.6) is 0 Å². The van der Waals surface area contributed by atoms with E-state index in [-0.39, 0.29) is 0 Å². The van der Waals surface area contributed by atoms with Gasteiger partial charge in [0.2, 0.25) is 0 Å². The van der Waals surface area contributed by atoms with Gasteiger partial charge in [-0.2, -0.15) is 0 Å². The summed E-state index contributed by atoms with van der Waals surface area (Å²) in [6, 6.07) is 36.4. The van der Waals surface area contributed by atoms with E-state index in [0.29, 0.717) is 5.92 Å². The first-order valence-corrected chi connectivity index (χ1v) is 18.5. The van der Waals surface area contributed by atoms with Gasteiger partial charge in [-0.3, -0.25) is 0 Å². The maximum atomic E-state index is 5.34. The van der Waals surface area contributed by atoms with Crippen LogP contribution in [-0.2, 0) is 0 Å². The molecule has 0 radical (unpaired) electrons. The smallest absolute Gasteiger partial charge is 0.113 e. The summed E-state index contributed by atoms with van der Waals surface area (Å²) in [5.41, 5.74) is 17.5. The molecule has 9 rings (SSSR count). The van der Waals surface area contributed by atoms with Gasteiger partial charge in [0.25, 0.3) is 0 Å². The van der Waals surface area contributed by atoms with Crippen LogP contribution in [0, 0.1) is 19.8 Å². The number of anilines is 3. The largest absolute Gasteiger partial charge is 0.344 e. The number of aromatic nitrogens is 2. The van der Waals surface area contributed by atoms with E-state index in [9.17, 15) is 0 Å². The van der Waals surface area contributed by atoms with E-state index in [0.717, 1.165) is 47.4 Å². The summed E-state index contributed by atoms with van der Waals surface area (Å²) in [7, 11) is 2.16. The number of rotatable bonds is 5. The van der Waals surface area contributed by atoms with Crippen molar-refractivity contribution in [3.8, 4) is 22.5 Å². The van der Waals surface area contributed by atoms with Crippen LogP contribution in [0.3, 0.4) is 0 Å². The summed E-state index contributed by atoms with van der Waals surface area (Å²) in [5, 5.41) is 2.49. The Bertz CT molecular complexity index is 2470. The quantitative estimate of drug-likeness (QED) is 0.181. The molecule has 0 aliphatic heterocycles. The number of nitrogens with zero attached hydrogens (tertiary/aromatic N) is 4. The van der Waals surface area contributed by atoms with E-state index in [1.54, 1.807) is 0 Å². The van der Waals surface area contributed by atoms with Gasteiger partial charge in [0.05, 0.1) is 22.6 Å². The van der Waals surface area contributed by atoms with E-state index >= 15 is 0 Å². The van der Waals surface area contributed by atoms with Crippen LogP contribution in [0.25, 0.3) is 44.3 Å². The second kappa shape index (κ2) is 13.8. The molecule has 1 atom stereocenters. The number of para-hydroxylation sites is 3. The lowest BCUT2D eigenvalue weighted by molar-refractivity contribution is 0.716. The monoisotopic (exact) mass is 678 g/mol. The Morgan fingerprint density at radius 3 is 1.87 bits per heavy atom. The highest BCUT2D eigenvalue weighted by Gasteiger charge is 2.27. The predicted molar refractivity (Wildman–Crippen MR) is 221 cm³/mol. The molecular weight excluding hydrogens is 633 g/mol. The van der Waals surface area contributed by atoms with Gasteiger partial charge < -0.3 is 9.80 Å². The van der Waals surface area contributed by atoms with Crippen molar-refractivity contribution >= 4 is 38.9 Å². The van der Waals surface area contributed by atoms with Gasteiger partial charge in [-0.15, -0.1) is 0 Å². The molecular formula is C48H46N4. The minimum atomic E-state index is 0.639. The SMILES string of the molecule is CC1=CCC(C)C=C1N(C)c1ccccc1C.CC1=CCCC=C1N(c1ccccc1C)c1cccc2nc3c(nc12)-c1cccc2cccc-3c12. The highest BCUT2D eigenvalue weighted by Crippen LogP contribution is 2.47. The Labute approximate surface area is 308 Å². The van der Waals surface area contributed by atoms with Crippen molar-refractivity contribution in [1.29, 1.82) is 0 Å². The molecule has 5 aromatic carbocycles. The molecule has 0 amide bonds. The minimum absolute atomic E-state index is 0.639. The Morgan fingerprint density at radius 2 is 1.17 bits per heavy atom. The number of allylic oxidation sites excluding steroid dienone is 6. The fourth-order valence-electron chi connectivity index (χ4n) is 7.99. The summed E-state index contributed by atoms with van der Waals surface area (Å²) < 4.78 is 0. The van der Waals surface area contributed by atoms with E-state index in [2.05, 4.69) is 179 Å². The zero-order valence-corrected chi connectivity index (χ0v) is 31.1. The molecule has 3 aliphatic rings. The number of hydrogen-bond donors (Lipinski definition) is 0. The third kappa shape index (κ3) is 5.92. The molecule has 0 saturated carbocycles. The zero-order valence-electron chi connectivity index (χ0n) is 31.1. The number of likely N-dealkylation sites (N-methyl/N-ethyl adjacent to an activating group) is 1. The van der Waals surface area contributed by atoms with Crippen molar-refractivity contribution in [2.75, 3.05) is 16.8 Å². The highest BCUT2D eigenvalue weighted by molar-refractivity contribution is 6.14. The molecule has 1 heterocycles. The van der Waals surface area contributed by atoms with Crippen molar-refractivity contribution in [2.24, 2.45) is 5.92 Å². The second-order valence-corrected chi connectivity index (χ2v) is 14.4. The van der Waals surface area contributed by atoms with Gasteiger partial charge in [-0.1, -0.05) is 110 Å². The molecule has 6 aromatic rings. The van der Waals surface area contributed by atoms with Crippen molar-refractivity contribution in [3.05, 3.63) is 161 Å². The fourth-order valence-corrected chi connectivity index (χ4v) is 7.99. The lowest BCUT2D eigenvalue weighted by Crippen LogP contribution is -2.20. The van der Waals surface area contributed by atoms with Crippen LogP contribution in [0.2, 0.25) is 0 Å². The first-order chi connectivity index (χ1) is 25.3. The van der Waals surface area contributed by atoms with E-state index in [4.69, 9.17) is 9.97 Å². The average Bonchev–Trinajstić information content (AvgIpc) is 3.47. The van der Waals surface area contributed by atoms with Gasteiger partial charge >= 0.3 is 0 Å². The molecule has 52 heavy (non-hydrogen) atoms. The summed E-state index contributed by atoms with van der Waals surface area (Å²) in [6.07, 6.45) is 12.7. The maximum absolute atomic E-state index is 5.34. The topological polar surface area (TPSA) is 32.3 Å². The van der Waals surface area contributed by atoms with Gasteiger partial charge in [-0.25, -0.2) is 9.97 Å².